The van der Waals surface area contributed by atoms with Crippen molar-refractivity contribution in [2.45, 2.75) is 39.3 Å². The summed E-state index contributed by atoms with van der Waals surface area (Å²) in [4.78, 5) is 39.7. The van der Waals surface area contributed by atoms with Crippen LogP contribution in [0.3, 0.4) is 0 Å². The number of benzene rings is 2. The van der Waals surface area contributed by atoms with Gasteiger partial charge in [0.1, 0.15) is 5.57 Å². The van der Waals surface area contributed by atoms with Crippen LogP contribution in [0.15, 0.2) is 65.7 Å². The molecule has 1 amide bonds. The molecule has 162 valence electrons. The highest BCUT2D eigenvalue weighted by Crippen LogP contribution is 2.39. The molecule has 1 heterocycles. The van der Waals surface area contributed by atoms with Gasteiger partial charge in [-0.1, -0.05) is 42.5 Å². The Morgan fingerprint density at radius 1 is 0.968 bits per heavy atom. The number of nitrogens with zero attached hydrogens (tertiary/aromatic N) is 1. The van der Waals surface area contributed by atoms with E-state index in [1.54, 1.807) is 30.0 Å². The number of carbonyl (C=O) groups is 3. The van der Waals surface area contributed by atoms with Crippen molar-refractivity contribution in [2.75, 3.05) is 13.7 Å². The van der Waals surface area contributed by atoms with Gasteiger partial charge in [0.15, 0.2) is 0 Å². The van der Waals surface area contributed by atoms with Gasteiger partial charge in [-0.25, -0.2) is 9.59 Å². The monoisotopic (exact) mass is 421 g/mol. The van der Waals surface area contributed by atoms with Gasteiger partial charge in [0.25, 0.3) is 5.91 Å². The molecule has 0 atom stereocenters. The second-order valence-corrected chi connectivity index (χ2v) is 7.88. The largest absolute Gasteiger partial charge is 0.465 e. The molecule has 0 fully saturated rings. The van der Waals surface area contributed by atoms with Crippen molar-refractivity contribution in [1.82, 2.24) is 4.90 Å². The van der Waals surface area contributed by atoms with E-state index in [4.69, 9.17) is 9.47 Å². The van der Waals surface area contributed by atoms with Crippen LogP contribution in [0, 0.1) is 0 Å². The molecule has 0 saturated heterocycles. The fourth-order valence-electron chi connectivity index (χ4n) is 3.87. The molecule has 1 aliphatic heterocycles. The third-order valence-corrected chi connectivity index (χ3v) is 5.57. The average Bonchev–Trinajstić information content (AvgIpc) is 2.94. The zero-order valence-electron chi connectivity index (χ0n) is 18.3. The Bertz CT molecular complexity index is 1020. The Hall–Kier alpha value is -3.41. The van der Waals surface area contributed by atoms with Crippen molar-refractivity contribution in [3.05, 3.63) is 82.4 Å². The highest BCUT2D eigenvalue weighted by atomic mass is 16.5. The quantitative estimate of drug-likeness (QED) is 0.504. The van der Waals surface area contributed by atoms with Crippen molar-refractivity contribution in [3.8, 4) is 0 Å². The minimum atomic E-state index is -0.712. The van der Waals surface area contributed by atoms with Crippen molar-refractivity contribution in [1.29, 1.82) is 0 Å². The van der Waals surface area contributed by atoms with Crippen LogP contribution in [0.4, 0.5) is 0 Å². The molecule has 0 radical (unpaired) electrons. The molecule has 6 nitrogen and oxygen atoms in total. The summed E-state index contributed by atoms with van der Waals surface area (Å²) in [6.07, 6.45) is 0.336. The predicted molar refractivity (Wildman–Crippen MR) is 116 cm³/mol. The van der Waals surface area contributed by atoms with Gasteiger partial charge in [0.2, 0.25) is 0 Å². The number of ether oxygens (including phenoxy) is 2. The Balaban J connectivity index is 2.01. The van der Waals surface area contributed by atoms with Crippen LogP contribution in [0.5, 0.6) is 0 Å². The van der Waals surface area contributed by atoms with Gasteiger partial charge in [0.05, 0.1) is 24.8 Å². The molecule has 6 heteroatoms. The first-order chi connectivity index (χ1) is 14.8. The predicted octanol–water partition coefficient (Wildman–Crippen LogP) is 3.70. The van der Waals surface area contributed by atoms with Crippen LogP contribution in [0.1, 0.15) is 42.3 Å². The third kappa shape index (κ3) is 4.53. The maximum Gasteiger partial charge on any atom is 0.343 e. The van der Waals surface area contributed by atoms with Crippen LogP contribution in [-0.2, 0) is 32.0 Å². The number of hydrogen-bond donors (Lipinski definition) is 0. The number of carbonyl (C=O) groups excluding carboxylic acids is 3. The maximum absolute atomic E-state index is 13.4. The zero-order chi connectivity index (χ0) is 22.6. The van der Waals surface area contributed by atoms with E-state index in [-0.39, 0.29) is 18.1 Å². The molecule has 1 aliphatic rings. The number of methoxy groups -OCH3 is 1. The molecule has 3 rings (SSSR count). The number of esters is 2. The SMILES string of the molecule is CCOC(=O)C1=C(Cc2cccc(C(=O)OC)c2)C(C)(C)N(Cc2ccccc2)C1=O. The van der Waals surface area contributed by atoms with E-state index in [0.29, 0.717) is 24.1 Å². The second kappa shape index (κ2) is 9.16. The summed E-state index contributed by atoms with van der Waals surface area (Å²) in [5.41, 5.74) is 2.24. The van der Waals surface area contributed by atoms with Crippen molar-refractivity contribution in [2.24, 2.45) is 0 Å². The summed E-state index contributed by atoms with van der Waals surface area (Å²) < 4.78 is 10.0. The zero-order valence-corrected chi connectivity index (χ0v) is 18.3. The lowest BCUT2D eigenvalue weighted by Crippen LogP contribution is -2.43. The number of hydrogen-bond acceptors (Lipinski definition) is 5. The summed E-state index contributed by atoms with van der Waals surface area (Å²) in [6, 6.07) is 16.7. The molecule has 0 unspecified atom stereocenters. The molecule has 0 saturated carbocycles. The van der Waals surface area contributed by atoms with Crippen LogP contribution in [0.25, 0.3) is 0 Å². The summed E-state index contributed by atoms with van der Waals surface area (Å²) in [5, 5.41) is 0. The standard InChI is InChI=1S/C25H27NO5/c1-5-31-24(29)21-20(15-18-12-9-13-19(14-18)23(28)30-4)25(2,3)26(22(21)27)16-17-10-7-6-8-11-17/h6-14H,5,15-16H2,1-4H3. The van der Waals surface area contributed by atoms with E-state index in [9.17, 15) is 14.4 Å². The van der Waals surface area contributed by atoms with E-state index >= 15 is 0 Å². The fourth-order valence-corrected chi connectivity index (χ4v) is 3.87. The summed E-state index contributed by atoms with van der Waals surface area (Å²) in [7, 11) is 1.33. The molecule has 0 aromatic heterocycles. The van der Waals surface area contributed by atoms with Crippen molar-refractivity contribution < 1.29 is 23.9 Å². The van der Waals surface area contributed by atoms with Crippen molar-refractivity contribution in [3.63, 3.8) is 0 Å². The minimum Gasteiger partial charge on any atom is -0.465 e. The van der Waals surface area contributed by atoms with E-state index in [2.05, 4.69) is 0 Å². The summed E-state index contributed by atoms with van der Waals surface area (Å²) >= 11 is 0. The molecule has 31 heavy (non-hydrogen) atoms. The fraction of sp³-hybridized carbons (Fsp3) is 0.320. The third-order valence-electron chi connectivity index (χ3n) is 5.57. The Kier molecular flexibility index (Phi) is 6.59. The number of amides is 1. The van der Waals surface area contributed by atoms with Gasteiger partial charge < -0.3 is 14.4 Å². The highest BCUT2D eigenvalue weighted by molar-refractivity contribution is 6.19. The average molecular weight is 421 g/mol. The Morgan fingerprint density at radius 2 is 1.65 bits per heavy atom. The van der Waals surface area contributed by atoms with Gasteiger partial charge in [-0.05, 0) is 56.0 Å². The van der Waals surface area contributed by atoms with Gasteiger partial charge in [-0.3, -0.25) is 4.79 Å². The second-order valence-electron chi connectivity index (χ2n) is 7.88. The van der Waals surface area contributed by atoms with Gasteiger partial charge >= 0.3 is 11.9 Å². The van der Waals surface area contributed by atoms with Gasteiger partial charge in [0, 0.05) is 6.54 Å². The van der Waals surface area contributed by atoms with E-state index < -0.39 is 17.5 Å². The van der Waals surface area contributed by atoms with Crippen molar-refractivity contribution >= 4 is 17.8 Å². The lowest BCUT2D eigenvalue weighted by molar-refractivity contribution is -0.141. The maximum atomic E-state index is 13.4. The normalized spacial score (nSPS) is 15.2. The molecule has 0 aliphatic carbocycles. The number of rotatable bonds is 7. The lowest BCUT2D eigenvalue weighted by Gasteiger charge is -2.34. The first kappa shape index (κ1) is 22.3. The van der Waals surface area contributed by atoms with Crippen LogP contribution < -0.4 is 0 Å². The topological polar surface area (TPSA) is 72.9 Å². The van der Waals surface area contributed by atoms with Crippen LogP contribution >= 0.6 is 0 Å². The Morgan fingerprint density at radius 3 is 2.29 bits per heavy atom. The molecule has 2 aromatic carbocycles. The lowest BCUT2D eigenvalue weighted by atomic mass is 9.87. The molecular weight excluding hydrogens is 394 g/mol. The smallest absolute Gasteiger partial charge is 0.343 e. The van der Waals surface area contributed by atoms with Crippen LogP contribution in [-0.4, -0.2) is 42.0 Å². The van der Waals surface area contributed by atoms with E-state index in [1.165, 1.54) is 7.11 Å². The summed E-state index contributed by atoms with van der Waals surface area (Å²) in [5.74, 6) is -1.39. The first-order valence-corrected chi connectivity index (χ1v) is 10.2. The molecule has 2 aromatic rings. The Labute approximate surface area is 182 Å². The van der Waals surface area contributed by atoms with Gasteiger partial charge in [-0.2, -0.15) is 0 Å². The first-order valence-electron chi connectivity index (χ1n) is 10.2. The highest BCUT2D eigenvalue weighted by Gasteiger charge is 2.47. The van der Waals surface area contributed by atoms with E-state index in [0.717, 1.165) is 11.1 Å². The van der Waals surface area contributed by atoms with Crippen LogP contribution in [0.2, 0.25) is 0 Å². The molecule has 0 spiro atoms. The van der Waals surface area contributed by atoms with Gasteiger partial charge in [-0.15, -0.1) is 0 Å². The minimum absolute atomic E-state index is 0.0752. The molecule has 0 N–H and O–H groups in total. The molecular formula is C25H27NO5. The van der Waals surface area contributed by atoms with E-state index in [1.807, 2.05) is 50.2 Å². The summed E-state index contributed by atoms with van der Waals surface area (Å²) in [6.45, 7) is 6.13. The molecule has 0 bridgehead atoms.